The molecule has 4 aliphatic rings. The van der Waals surface area contributed by atoms with Crippen LogP contribution in [0.1, 0.15) is 43.2 Å². The second kappa shape index (κ2) is 7.78. The molecule has 0 radical (unpaired) electrons. The van der Waals surface area contributed by atoms with Crippen molar-refractivity contribution in [3.8, 4) is 0 Å². The Labute approximate surface area is 184 Å². The zero-order chi connectivity index (χ0) is 21.7. The van der Waals surface area contributed by atoms with Gasteiger partial charge in [0.2, 0.25) is 0 Å². The quantitative estimate of drug-likeness (QED) is 0.577. The largest absolute Gasteiger partial charge is 0.358 e. The number of fused-ring (bicyclic) bond motifs is 4. The van der Waals surface area contributed by atoms with Gasteiger partial charge in [0.25, 0.3) is 0 Å². The van der Waals surface area contributed by atoms with Crippen LogP contribution < -0.4 is 10.6 Å². The van der Waals surface area contributed by atoms with E-state index in [1.807, 2.05) is 6.08 Å². The Morgan fingerprint density at radius 3 is 2.59 bits per heavy atom. The van der Waals surface area contributed by atoms with Crippen LogP contribution in [0, 0.1) is 23.5 Å². The van der Waals surface area contributed by atoms with E-state index >= 15 is 0 Å². The maximum Gasteiger partial charge on any atom is 0.150 e. The van der Waals surface area contributed by atoms with E-state index < -0.39 is 11.6 Å². The summed E-state index contributed by atoms with van der Waals surface area (Å²) in [6.07, 6.45) is 14.8. The van der Waals surface area contributed by atoms with Gasteiger partial charge < -0.3 is 10.3 Å². The number of hydrogen-bond donors (Lipinski definition) is 3. The SMILES string of the molecule is Fc1cc(F)c2[nH]cc(C3=NC(NC4CC5CCC4CC5)C=C(c4cncnc4)N3)c2c1. The molecule has 3 fully saturated rings. The Morgan fingerprint density at radius 2 is 1.84 bits per heavy atom. The monoisotopic (exact) mass is 434 g/mol. The summed E-state index contributed by atoms with van der Waals surface area (Å²) in [5.74, 6) is 0.797. The second-order valence-corrected chi connectivity index (χ2v) is 9.06. The van der Waals surface area contributed by atoms with Gasteiger partial charge in [-0.25, -0.2) is 23.7 Å². The Morgan fingerprint density at radius 1 is 1.03 bits per heavy atom. The van der Waals surface area contributed by atoms with Crippen LogP contribution in [0.4, 0.5) is 8.78 Å². The third-order valence-corrected chi connectivity index (χ3v) is 7.11. The molecular weight excluding hydrogens is 410 g/mol. The van der Waals surface area contributed by atoms with E-state index in [1.165, 1.54) is 44.5 Å². The molecule has 0 saturated heterocycles. The lowest BCUT2D eigenvalue weighted by atomic mass is 9.68. The van der Waals surface area contributed by atoms with E-state index in [1.54, 1.807) is 18.6 Å². The van der Waals surface area contributed by atoms with Crippen molar-refractivity contribution in [2.24, 2.45) is 16.8 Å². The number of rotatable bonds is 4. The Balaban J connectivity index is 1.38. The summed E-state index contributed by atoms with van der Waals surface area (Å²) in [5, 5.41) is 7.53. The van der Waals surface area contributed by atoms with Crippen molar-refractivity contribution in [2.75, 3.05) is 0 Å². The second-order valence-electron chi connectivity index (χ2n) is 9.06. The van der Waals surface area contributed by atoms with Crippen LogP contribution in [-0.2, 0) is 0 Å². The minimum absolute atomic E-state index is 0.255. The molecule has 32 heavy (non-hydrogen) atoms. The molecule has 164 valence electrons. The summed E-state index contributed by atoms with van der Waals surface area (Å²) in [7, 11) is 0. The van der Waals surface area contributed by atoms with Gasteiger partial charge in [0.15, 0.2) is 0 Å². The van der Waals surface area contributed by atoms with Crippen LogP contribution >= 0.6 is 0 Å². The maximum absolute atomic E-state index is 14.3. The first kappa shape index (κ1) is 19.5. The first-order valence-corrected chi connectivity index (χ1v) is 11.2. The average Bonchev–Trinajstić information content (AvgIpc) is 3.24. The molecule has 3 N–H and O–H groups in total. The van der Waals surface area contributed by atoms with Crippen LogP contribution in [0.3, 0.4) is 0 Å². The van der Waals surface area contributed by atoms with Crippen molar-refractivity contribution in [1.29, 1.82) is 0 Å². The molecule has 2 atom stereocenters. The number of nitrogens with zero attached hydrogens (tertiary/aromatic N) is 3. The van der Waals surface area contributed by atoms with Crippen molar-refractivity contribution in [1.82, 2.24) is 25.6 Å². The molecule has 3 saturated carbocycles. The number of aromatic amines is 1. The highest BCUT2D eigenvalue weighted by molar-refractivity contribution is 6.13. The van der Waals surface area contributed by atoms with E-state index in [4.69, 9.17) is 4.99 Å². The summed E-state index contributed by atoms with van der Waals surface area (Å²) >= 11 is 0. The molecule has 2 bridgehead atoms. The molecule has 8 heteroatoms. The van der Waals surface area contributed by atoms with Crippen molar-refractivity contribution in [3.63, 3.8) is 0 Å². The van der Waals surface area contributed by atoms with Gasteiger partial charge in [-0.15, -0.1) is 0 Å². The van der Waals surface area contributed by atoms with Crippen LogP contribution in [0.25, 0.3) is 16.6 Å². The topological polar surface area (TPSA) is 78.0 Å². The summed E-state index contributed by atoms with van der Waals surface area (Å²) in [6, 6.07) is 2.65. The molecule has 3 aliphatic carbocycles. The summed E-state index contributed by atoms with van der Waals surface area (Å²) in [5.41, 5.74) is 2.53. The van der Waals surface area contributed by atoms with Gasteiger partial charge in [-0.2, -0.15) is 0 Å². The van der Waals surface area contributed by atoms with Crippen molar-refractivity contribution < 1.29 is 8.78 Å². The molecule has 7 rings (SSSR count). The molecule has 6 nitrogen and oxygen atoms in total. The minimum atomic E-state index is -0.622. The number of halogens is 2. The van der Waals surface area contributed by atoms with Crippen molar-refractivity contribution >= 4 is 22.4 Å². The number of aromatic nitrogens is 3. The molecule has 1 aliphatic heterocycles. The predicted octanol–water partition coefficient (Wildman–Crippen LogP) is 4.12. The van der Waals surface area contributed by atoms with Crippen LogP contribution in [0.15, 0.2) is 48.1 Å². The van der Waals surface area contributed by atoms with E-state index in [0.29, 0.717) is 28.7 Å². The zero-order valence-electron chi connectivity index (χ0n) is 17.5. The molecule has 3 heterocycles. The van der Waals surface area contributed by atoms with E-state index in [9.17, 15) is 8.78 Å². The molecule has 2 unspecified atom stereocenters. The maximum atomic E-state index is 14.3. The van der Waals surface area contributed by atoms with Gasteiger partial charge in [-0.1, -0.05) is 12.8 Å². The number of hydrogen-bond acceptors (Lipinski definition) is 5. The van der Waals surface area contributed by atoms with Gasteiger partial charge in [0.05, 0.1) is 5.52 Å². The van der Waals surface area contributed by atoms with Gasteiger partial charge in [0, 0.05) is 52.9 Å². The first-order valence-electron chi connectivity index (χ1n) is 11.2. The fourth-order valence-electron chi connectivity index (χ4n) is 5.52. The molecule has 1 aromatic carbocycles. The molecule has 2 aromatic heterocycles. The lowest BCUT2D eigenvalue weighted by Crippen LogP contribution is -2.49. The fourth-order valence-corrected chi connectivity index (χ4v) is 5.52. The minimum Gasteiger partial charge on any atom is -0.358 e. The Kier molecular flexibility index (Phi) is 4.75. The van der Waals surface area contributed by atoms with Gasteiger partial charge in [0.1, 0.15) is 30.0 Å². The number of benzene rings is 1. The molecule has 0 spiro atoms. The summed E-state index contributed by atoms with van der Waals surface area (Å²) in [6.45, 7) is 0. The average molecular weight is 434 g/mol. The van der Waals surface area contributed by atoms with Crippen LogP contribution in [0.5, 0.6) is 0 Å². The third kappa shape index (κ3) is 3.48. The lowest BCUT2D eigenvalue weighted by molar-refractivity contribution is 0.120. The Hall–Kier alpha value is -3.13. The summed E-state index contributed by atoms with van der Waals surface area (Å²) < 4.78 is 28.3. The lowest BCUT2D eigenvalue weighted by Gasteiger charge is -2.43. The zero-order valence-corrected chi connectivity index (χ0v) is 17.5. The fraction of sp³-hybridized carbons (Fsp3) is 0.375. The number of nitrogens with one attached hydrogen (secondary N) is 3. The van der Waals surface area contributed by atoms with Crippen molar-refractivity contribution in [3.05, 3.63) is 65.9 Å². The molecular formula is C24H24F2N6. The number of H-pyrrole nitrogens is 1. The van der Waals surface area contributed by atoms with Gasteiger partial charge >= 0.3 is 0 Å². The van der Waals surface area contributed by atoms with E-state index in [0.717, 1.165) is 23.2 Å². The number of aliphatic imine (C=N–C) groups is 1. The highest BCUT2D eigenvalue weighted by Crippen LogP contribution is 2.41. The van der Waals surface area contributed by atoms with Crippen LogP contribution in [-0.4, -0.2) is 33.0 Å². The summed E-state index contributed by atoms with van der Waals surface area (Å²) in [4.78, 5) is 16.1. The molecule has 3 aromatic rings. The molecule has 0 amide bonds. The van der Waals surface area contributed by atoms with Crippen molar-refractivity contribution in [2.45, 2.75) is 44.3 Å². The number of amidine groups is 1. The third-order valence-electron chi connectivity index (χ3n) is 7.11. The smallest absolute Gasteiger partial charge is 0.150 e. The Bertz CT molecular complexity index is 1210. The standard InChI is InChI=1S/C24H24F2N6/c25-16-6-17-18(11-29-23(17)19(26)7-16)24-31-21(15-9-27-12-28-10-15)8-22(32-24)30-20-5-13-1-3-14(20)4-2-13/h6-14,20,22,29-30H,1-5H2,(H,31,32). The van der Waals surface area contributed by atoms with Gasteiger partial charge in [-0.05, 0) is 43.2 Å². The predicted molar refractivity (Wildman–Crippen MR) is 119 cm³/mol. The highest BCUT2D eigenvalue weighted by atomic mass is 19.1. The van der Waals surface area contributed by atoms with E-state index in [2.05, 4.69) is 25.6 Å². The first-order chi connectivity index (χ1) is 15.6. The van der Waals surface area contributed by atoms with Crippen LogP contribution in [0.2, 0.25) is 0 Å². The van der Waals surface area contributed by atoms with Gasteiger partial charge in [-0.3, -0.25) is 5.32 Å². The highest BCUT2D eigenvalue weighted by Gasteiger charge is 2.36. The van der Waals surface area contributed by atoms with E-state index in [-0.39, 0.29) is 11.7 Å². The normalized spacial score (nSPS) is 27.2.